The Morgan fingerprint density at radius 3 is 2.45 bits per heavy atom. The molecule has 1 amide bonds. The first kappa shape index (κ1) is 22.1. The lowest BCUT2D eigenvalue weighted by Gasteiger charge is -2.41. The number of hydrogen-bond donors (Lipinski definition) is 1. The molecular weight excluding hydrogens is 496 g/mol. The predicted octanol–water partition coefficient (Wildman–Crippen LogP) is 5.90. The zero-order valence-corrected chi connectivity index (χ0v) is 21.1. The molecule has 4 aliphatic heterocycles. The van der Waals surface area contributed by atoms with Gasteiger partial charge in [-0.15, -0.1) is 0 Å². The van der Waals surface area contributed by atoms with Gasteiger partial charge in [-0.3, -0.25) is 14.5 Å². The fourth-order valence-corrected chi connectivity index (χ4v) is 7.70. The number of Topliss-reactive ketones (excluding diaryl/α,β-unsaturated/α-hetero) is 1. The van der Waals surface area contributed by atoms with Crippen LogP contribution in [0.15, 0.2) is 97.1 Å². The number of fused-ring (bicyclic) bond motifs is 8. The van der Waals surface area contributed by atoms with E-state index in [-0.39, 0.29) is 11.7 Å². The fraction of sp³-hybridized carbons (Fsp3) is 0.188. The number of anilines is 1. The van der Waals surface area contributed by atoms with Crippen LogP contribution in [0.4, 0.5) is 5.69 Å². The maximum atomic E-state index is 14.8. The fourth-order valence-electron chi connectivity index (χ4n) is 7.58. The summed E-state index contributed by atoms with van der Waals surface area (Å²) in [6, 6.07) is 30.6. The van der Waals surface area contributed by atoms with Crippen LogP contribution >= 0.6 is 11.6 Å². The number of para-hydroxylation sites is 2. The number of nitrogens with one attached hydrogen (secondary N) is 1. The maximum absolute atomic E-state index is 14.8. The van der Waals surface area contributed by atoms with Gasteiger partial charge in [-0.25, -0.2) is 0 Å². The van der Waals surface area contributed by atoms with Crippen LogP contribution in [0, 0.1) is 0 Å². The van der Waals surface area contributed by atoms with E-state index in [1.54, 1.807) is 0 Å². The Bertz CT molecular complexity index is 1670. The van der Waals surface area contributed by atoms with Crippen molar-refractivity contribution >= 4 is 29.0 Å². The molecule has 0 aromatic heterocycles. The monoisotopic (exact) mass is 518 g/mol. The van der Waals surface area contributed by atoms with Gasteiger partial charge in [-0.05, 0) is 53.4 Å². The Labute approximate surface area is 225 Å². The molecular formula is C32H23ClN2O3. The molecule has 2 spiro atoms. The first-order valence-electron chi connectivity index (χ1n) is 12.9. The molecule has 0 aliphatic carbocycles. The SMILES string of the molecule is O=C1c2ccccc2OC12C1c3ccccc3CCN1C1(C(=O)Nc3ccccc31)C2c1ccc(Cl)cc1. The standard InChI is InChI=1S/C32H23ClN2O3/c33-21-15-13-20(14-16-21)27-31(24-10-4-5-11-25(24)34-30(31)37)35-18-17-19-7-1-2-8-22(19)28(35)32(27)29(36)23-9-3-6-12-26(23)38-32/h1-16,27-28H,17-18H2,(H,34,37). The maximum Gasteiger partial charge on any atom is 0.250 e. The molecule has 186 valence electrons. The van der Waals surface area contributed by atoms with Gasteiger partial charge < -0.3 is 10.1 Å². The van der Waals surface area contributed by atoms with Crippen LogP contribution in [0.2, 0.25) is 5.02 Å². The first-order chi connectivity index (χ1) is 18.6. The van der Waals surface area contributed by atoms with Gasteiger partial charge in [0.2, 0.25) is 17.3 Å². The van der Waals surface area contributed by atoms with Crippen LogP contribution < -0.4 is 10.1 Å². The van der Waals surface area contributed by atoms with Gasteiger partial charge in [0.05, 0.1) is 17.5 Å². The summed E-state index contributed by atoms with van der Waals surface area (Å²) in [5, 5.41) is 3.76. The molecule has 0 radical (unpaired) electrons. The van der Waals surface area contributed by atoms with Crippen molar-refractivity contribution < 1.29 is 14.3 Å². The van der Waals surface area contributed by atoms with Gasteiger partial charge in [0.15, 0.2) is 0 Å². The Balaban J connectivity index is 1.51. The average molecular weight is 519 g/mol. The van der Waals surface area contributed by atoms with Gasteiger partial charge >= 0.3 is 0 Å². The topological polar surface area (TPSA) is 58.6 Å². The molecule has 1 saturated heterocycles. The summed E-state index contributed by atoms with van der Waals surface area (Å²) in [6.45, 7) is 0.613. The molecule has 5 nitrogen and oxygen atoms in total. The third kappa shape index (κ3) is 2.51. The zero-order valence-electron chi connectivity index (χ0n) is 20.4. The second-order valence-corrected chi connectivity index (χ2v) is 11.0. The number of hydrogen-bond acceptors (Lipinski definition) is 4. The van der Waals surface area contributed by atoms with E-state index in [1.165, 1.54) is 5.56 Å². The van der Waals surface area contributed by atoms with E-state index in [4.69, 9.17) is 16.3 Å². The van der Waals surface area contributed by atoms with E-state index in [9.17, 15) is 9.59 Å². The van der Waals surface area contributed by atoms with E-state index in [2.05, 4.69) is 22.3 Å². The van der Waals surface area contributed by atoms with E-state index >= 15 is 0 Å². The second kappa shape index (κ2) is 7.56. The molecule has 1 N–H and O–H groups in total. The van der Waals surface area contributed by atoms with Crippen LogP contribution in [0.5, 0.6) is 5.75 Å². The molecule has 4 atom stereocenters. The largest absolute Gasteiger partial charge is 0.476 e. The molecule has 4 aliphatic rings. The number of rotatable bonds is 1. The minimum atomic E-state index is -1.36. The molecule has 4 heterocycles. The zero-order chi connectivity index (χ0) is 25.6. The number of nitrogens with zero attached hydrogens (tertiary/aromatic N) is 1. The number of halogens is 1. The Hall–Kier alpha value is -3.93. The molecule has 4 aromatic carbocycles. The lowest BCUT2D eigenvalue weighted by atomic mass is 9.66. The Kier molecular flexibility index (Phi) is 4.40. The van der Waals surface area contributed by atoms with Gasteiger partial charge in [0.25, 0.3) is 0 Å². The highest BCUT2D eigenvalue weighted by Crippen LogP contribution is 2.68. The second-order valence-electron chi connectivity index (χ2n) is 10.5. The summed E-state index contributed by atoms with van der Waals surface area (Å²) in [6.07, 6.45) is 0.772. The summed E-state index contributed by atoms with van der Waals surface area (Å²) in [7, 11) is 0. The van der Waals surface area contributed by atoms with Crippen molar-refractivity contribution in [1.82, 2.24) is 4.90 Å². The van der Waals surface area contributed by atoms with Crippen molar-refractivity contribution in [1.29, 1.82) is 0 Å². The summed E-state index contributed by atoms with van der Waals surface area (Å²) < 4.78 is 6.94. The van der Waals surface area contributed by atoms with Gasteiger partial charge in [-0.2, -0.15) is 0 Å². The first-order valence-corrected chi connectivity index (χ1v) is 13.3. The highest BCUT2D eigenvalue weighted by Gasteiger charge is 2.78. The normalized spacial score (nSPS) is 28.6. The lowest BCUT2D eigenvalue weighted by molar-refractivity contribution is -0.128. The molecule has 0 saturated carbocycles. The van der Waals surface area contributed by atoms with Crippen molar-refractivity contribution in [2.45, 2.75) is 29.5 Å². The van der Waals surface area contributed by atoms with Crippen LogP contribution in [-0.2, 0) is 16.8 Å². The quantitative estimate of drug-likeness (QED) is 0.341. The van der Waals surface area contributed by atoms with Crippen molar-refractivity contribution in [3.05, 3.63) is 130 Å². The number of ketones is 1. The third-order valence-electron chi connectivity index (χ3n) is 8.89. The van der Waals surface area contributed by atoms with Gasteiger partial charge in [-0.1, -0.05) is 78.3 Å². The molecule has 4 aromatic rings. The van der Waals surface area contributed by atoms with Crippen molar-refractivity contribution in [3.63, 3.8) is 0 Å². The number of benzene rings is 4. The number of amides is 1. The smallest absolute Gasteiger partial charge is 0.250 e. The van der Waals surface area contributed by atoms with E-state index in [0.29, 0.717) is 22.9 Å². The summed E-state index contributed by atoms with van der Waals surface area (Å²) in [5.41, 5.74) is 2.75. The van der Waals surface area contributed by atoms with Crippen molar-refractivity contribution in [2.75, 3.05) is 11.9 Å². The molecule has 8 rings (SSSR count). The minimum Gasteiger partial charge on any atom is -0.476 e. The lowest BCUT2D eigenvalue weighted by Crippen LogP contribution is -2.52. The highest BCUT2D eigenvalue weighted by atomic mass is 35.5. The minimum absolute atomic E-state index is 0.0891. The molecule has 4 unspecified atom stereocenters. The van der Waals surface area contributed by atoms with E-state index in [1.807, 2.05) is 84.9 Å². The summed E-state index contributed by atoms with van der Waals surface area (Å²) in [5.74, 6) is -0.295. The predicted molar refractivity (Wildman–Crippen MR) is 145 cm³/mol. The van der Waals surface area contributed by atoms with Crippen molar-refractivity contribution in [3.8, 4) is 5.75 Å². The Morgan fingerprint density at radius 1 is 0.868 bits per heavy atom. The molecule has 0 bridgehead atoms. The highest BCUT2D eigenvalue weighted by molar-refractivity contribution is 6.30. The average Bonchev–Trinajstić information content (AvgIpc) is 3.51. The summed E-state index contributed by atoms with van der Waals surface area (Å²) in [4.78, 5) is 31.5. The van der Waals surface area contributed by atoms with Gasteiger partial charge in [0, 0.05) is 22.8 Å². The van der Waals surface area contributed by atoms with Crippen LogP contribution in [0.25, 0.3) is 0 Å². The van der Waals surface area contributed by atoms with Gasteiger partial charge in [0.1, 0.15) is 11.3 Å². The molecule has 1 fully saturated rings. The number of carbonyl (C=O) groups excluding carboxylic acids is 2. The van der Waals surface area contributed by atoms with E-state index in [0.717, 1.165) is 28.8 Å². The molecule has 38 heavy (non-hydrogen) atoms. The van der Waals surface area contributed by atoms with Crippen LogP contribution in [-0.4, -0.2) is 28.7 Å². The molecule has 6 heteroatoms. The number of carbonyl (C=O) groups is 2. The van der Waals surface area contributed by atoms with Crippen LogP contribution in [0.3, 0.4) is 0 Å². The van der Waals surface area contributed by atoms with Crippen LogP contribution in [0.1, 0.15) is 44.6 Å². The Morgan fingerprint density at radius 2 is 1.61 bits per heavy atom. The summed E-state index contributed by atoms with van der Waals surface area (Å²) >= 11 is 6.33. The third-order valence-corrected chi connectivity index (χ3v) is 9.14. The van der Waals surface area contributed by atoms with Crippen molar-refractivity contribution in [2.24, 2.45) is 0 Å². The van der Waals surface area contributed by atoms with E-state index < -0.39 is 23.1 Å². The number of ether oxygens (including phenoxy) is 1.